The minimum Gasteiger partial charge on any atom is -0.479 e. The van der Waals surface area contributed by atoms with E-state index < -0.39 is 5.97 Å². The van der Waals surface area contributed by atoms with Crippen LogP contribution in [0.15, 0.2) is 5.16 Å². The summed E-state index contributed by atoms with van der Waals surface area (Å²) in [7, 11) is 0. The van der Waals surface area contributed by atoms with Gasteiger partial charge in [-0.2, -0.15) is 0 Å². The van der Waals surface area contributed by atoms with E-state index in [1.807, 2.05) is 0 Å². The lowest BCUT2D eigenvalue weighted by molar-refractivity contribution is -0.142. The fourth-order valence-corrected chi connectivity index (χ4v) is 1.23. The molecule has 0 aromatic carbocycles. The highest BCUT2D eigenvalue weighted by molar-refractivity contribution is 5.84. The van der Waals surface area contributed by atoms with Gasteiger partial charge in [0, 0.05) is 0 Å². The second kappa shape index (κ2) is 4.74. The molecule has 0 saturated heterocycles. The van der Waals surface area contributed by atoms with E-state index in [9.17, 15) is 4.79 Å². The summed E-state index contributed by atoms with van der Waals surface area (Å²) in [6, 6.07) is 0. The number of hydrogen-bond acceptors (Lipinski definition) is 3. The third-order valence-corrected chi connectivity index (χ3v) is 1.81. The van der Waals surface area contributed by atoms with E-state index in [0.29, 0.717) is 0 Å². The van der Waals surface area contributed by atoms with Gasteiger partial charge in [0.1, 0.15) is 0 Å². The van der Waals surface area contributed by atoms with E-state index in [1.54, 1.807) is 0 Å². The second-order valence-corrected chi connectivity index (χ2v) is 2.89. The fourth-order valence-electron chi connectivity index (χ4n) is 1.23. The fraction of sp³-hybridized carbons (Fsp3) is 0.750. The molecular weight excluding hydrogens is 158 g/mol. The van der Waals surface area contributed by atoms with E-state index in [1.165, 1.54) is 6.42 Å². The van der Waals surface area contributed by atoms with E-state index in [4.69, 9.17) is 5.11 Å². The highest BCUT2D eigenvalue weighted by atomic mass is 16.6. The average molecular weight is 171 g/mol. The van der Waals surface area contributed by atoms with Crippen LogP contribution in [-0.2, 0) is 9.63 Å². The van der Waals surface area contributed by atoms with Crippen molar-refractivity contribution in [3.63, 3.8) is 0 Å². The summed E-state index contributed by atoms with van der Waals surface area (Å²) in [6.45, 7) is -0.330. The summed E-state index contributed by atoms with van der Waals surface area (Å²) in [6.07, 6.45) is 5.46. The van der Waals surface area contributed by atoms with Gasteiger partial charge in [0.2, 0.25) is 6.61 Å². The molecule has 0 aromatic rings. The third-order valence-electron chi connectivity index (χ3n) is 1.81. The standard InChI is InChI=1S/C8H13NO3/c10-8(11)6-12-9-7-4-2-1-3-5-7/h1-6H2,(H,10,11). The molecule has 0 unspecified atom stereocenters. The zero-order valence-electron chi connectivity index (χ0n) is 6.95. The summed E-state index contributed by atoms with van der Waals surface area (Å²) < 4.78 is 0. The lowest BCUT2D eigenvalue weighted by Gasteiger charge is -2.10. The van der Waals surface area contributed by atoms with Gasteiger partial charge < -0.3 is 9.94 Å². The van der Waals surface area contributed by atoms with Gasteiger partial charge in [0.05, 0.1) is 5.71 Å². The van der Waals surface area contributed by atoms with Gasteiger partial charge >= 0.3 is 5.97 Å². The van der Waals surface area contributed by atoms with E-state index in [-0.39, 0.29) is 6.61 Å². The van der Waals surface area contributed by atoms with Crippen molar-refractivity contribution in [2.75, 3.05) is 6.61 Å². The number of aliphatic carboxylic acids is 1. The Morgan fingerprint density at radius 3 is 2.67 bits per heavy atom. The van der Waals surface area contributed by atoms with Crippen molar-refractivity contribution in [1.29, 1.82) is 0 Å². The maximum atomic E-state index is 10.0. The van der Waals surface area contributed by atoms with Gasteiger partial charge in [-0.05, 0) is 25.7 Å². The maximum Gasteiger partial charge on any atom is 0.344 e. The molecule has 0 amide bonds. The molecule has 12 heavy (non-hydrogen) atoms. The van der Waals surface area contributed by atoms with Crippen LogP contribution in [0, 0.1) is 0 Å². The number of carboxylic acid groups (broad SMARTS) is 1. The number of oxime groups is 1. The highest BCUT2D eigenvalue weighted by Gasteiger charge is 2.07. The van der Waals surface area contributed by atoms with Crippen molar-refractivity contribution < 1.29 is 14.7 Å². The predicted molar refractivity (Wildman–Crippen MR) is 44.1 cm³/mol. The van der Waals surface area contributed by atoms with Crippen molar-refractivity contribution in [2.45, 2.75) is 32.1 Å². The third kappa shape index (κ3) is 3.37. The SMILES string of the molecule is O=C(O)CON=C1CCCCC1. The predicted octanol–water partition coefficient (Wildman–Crippen LogP) is 1.41. The Labute approximate surface area is 71.2 Å². The molecule has 1 fully saturated rings. The first-order valence-corrected chi connectivity index (χ1v) is 4.18. The molecule has 0 spiro atoms. The van der Waals surface area contributed by atoms with Crippen LogP contribution in [0.1, 0.15) is 32.1 Å². The van der Waals surface area contributed by atoms with Crippen molar-refractivity contribution in [3.05, 3.63) is 0 Å². The molecule has 0 heterocycles. The van der Waals surface area contributed by atoms with Crippen LogP contribution in [0.25, 0.3) is 0 Å². The Hall–Kier alpha value is -1.06. The van der Waals surface area contributed by atoms with Crippen LogP contribution < -0.4 is 0 Å². The summed E-state index contributed by atoms with van der Waals surface area (Å²) >= 11 is 0. The summed E-state index contributed by atoms with van der Waals surface area (Å²) in [5.74, 6) is -0.977. The summed E-state index contributed by atoms with van der Waals surface area (Å²) in [5, 5.41) is 12.0. The summed E-state index contributed by atoms with van der Waals surface area (Å²) in [4.78, 5) is 14.7. The van der Waals surface area contributed by atoms with Crippen LogP contribution in [0.2, 0.25) is 0 Å². The van der Waals surface area contributed by atoms with Crippen LogP contribution in [-0.4, -0.2) is 23.4 Å². The molecule has 0 aliphatic heterocycles. The second-order valence-electron chi connectivity index (χ2n) is 2.89. The molecule has 1 rings (SSSR count). The Bertz CT molecular complexity index is 181. The molecule has 1 N–H and O–H groups in total. The van der Waals surface area contributed by atoms with Gasteiger partial charge in [-0.3, -0.25) is 0 Å². The quantitative estimate of drug-likeness (QED) is 0.653. The zero-order chi connectivity index (χ0) is 8.81. The smallest absolute Gasteiger partial charge is 0.344 e. The van der Waals surface area contributed by atoms with Crippen molar-refractivity contribution in [2.24, 2.45) is 5.16 Å². The van der Waals surface area contributed by atoms with Crippen molar-refractivity contribution >= 4 is 11.7 Å². The van der Waals surface area contributed by atoms with Crippen LogP contribution >= 0.6 is 0 Å². The number of rotatable bonds is 3. The molecule has 1 aliphatic carbocycles. The normalized spacial score (nSPS) is 17.2. The number of nitrogens with zero attached hydrogens (tertiary/aromatic N) is 1. The van der Waals surface area contributed by atoms with Crippen LogP contribution in [0.5, 0.6) is 0 Å². The maximum absolute atomic E-state index is 10.0. The van der Waals surface area contributed by atoms with Gasteiger partial charge in [-0.25, -0.2) is 4.79 Å². The first-order valence-electron chi connectivity index (χ1n) is 4.18. The molecule has 4 heteroatoms. The van der Waals surface area contributed by atoms with Gasteiger partial charge in [-0.15, -0.1) is 0 Å². The molecular formula is C8H13NO3. The molecule has 0 atom stereocenters. The van der Waals surface area contributed by atoms with E-state index in [2.05, 4.69) is 9.99 Å². The molecule has 4 nitrogen and oxygen atoms in total. The Kier molecular flexibility index (Phi) is 3.57. The van der Waals surface area contributed by atoms with Gasteiger partial charge in [-0.1, -0.05) is 11.6 Å². The average Bonchev–Trinajstić information content (AvgIpc) is 2.05. The lowest BCUT2D eigenvalue weighted by atomic mass is 9.99. The lowest BCUT2D eigenvalue weighted by Crippen LogP contribution is -2.08. The monoisotopic (exact) mass is 171 g/mol. The van der Waals surface area contributed by atoms with Gasteiger partial charge in [0.15, 0.2) is 0 Å². The first-order chi connectivity index (χ1) is 5.79. The molecule has 0 radical (unpaired) electrons. The Morgan fingerprint density at radius 1 is 1.42 bits per heavy atom. The van der Waals surface area contributed by atoms with Gasteiger partial charge in [0.25, 0.3) is 0 Å². The zero-order valence-corrected chi connectivity index (χ0v) is 6.95. The molecule has 0 aromatic heterocycles. The Morgan fingerprint density at radius 2 is 2.08 bits per heavy atom. The van der Waals surface area contributed by atoms with Crippen LogP contribution in [0.3, 0.4) is 0 Å². The number of carbonyl (C=O) groups is 1. The highest BCUT2D eigenvalue weighted by Crippen LogP contribution is 2.14. The van der Waals surface area contributed by atoms with Crippen LogP contribution in [0.4, 0.5) is 0 Å². The summed E-state index contributed by atoms with van der Waals surface area (Å²) in [5.41, 5.74) is 1.00. The molecule has 68 valence electrons. The minimum absolute atomic E-state index is 0.330. The van der Waals surface area contributed by atoms with E-state index in [0.717, 1.165) is 31.4 Å². The molecule has 1 saturated carbocycles. The van der Waals surface area contributed by atoms with E-state index >= 15 is 0 Å². The largest absolute Gasteiger partial charge is 0.479 e. The minimum atomic E-state index is -0.977. The molecule has 1 aliphatic rings. The molecule has 0 bridgehead atoms. The topological polar surface area (TPSA) is 58.9 Å². The Balaban J connectivity index is 2.20. The first kappa shape index (κ1) is 9.03. The number of carboxylic acids is 1. The number of hydrogen-bond donors (Lipinski definition) is 1. The van der Waals surface area contributed by atoms with Crippen molar-refractivity contribution in [3.8, 4) is 0 Å². The van der Waals surface area contributed by atoms with Crippen molar-refractivity contribution in [1.82, 2.24) is 0 Å².